The molecule has 0 radical (unpaired) electrons. The normalized spacial score (nSPS) is 13.2. The molecule has 0 saturated carbocycles. The predicted molar refractivity (Wildman–Crippen MR) is 47.6 cm³/mol. The molecule has 13 heavy (non-hydrogen) atoms. The van der Waals surface area contributed by atoms with Crippen molar-refractivity contribution in [2.75, 3.05) is 19.5 Å². The van der Waals surface area contributed by atoms with E-state index < -0.39 is 6.10 Å². The number of methoxy groups -OCH3 is 1. The number of rotatable bonds is 5. The monoisotopic (exact) mass is 204 g/mol. The van der Waals surface area contributed by atoms with Crippen LogP contribution in [-0.2, 0) is 4.74 Å². The number of aryl methyl sites for hydroxylation is 1. The molecule has 6 heteroatoms. The lowest BCUT2D eigenvalue weighted by Gasteiger charge is -2.05. The van der Waals surface area contributed by atoms with Crippen molar-refractivity contribution in [3.8, 4) is 0 Å². The van der Waals surface area contributed by atoms with Crippen LogP contribution in [0, 0.1) is 6.92 Å². The lowest BCUT2D eigenvalue weighted by Crippen LogP contribution is -2.16. The van der Waals surface area contributed by atoms with E-state index in [1.54, 1.807) is 14.0 Å². The summed E-state index contributed by atoms with van der Waals surface area (Å²) in [4.78, 5) is 0. The topological polar surface area (TPSA) is 68.4 Å². The molecule has 1 rings (SSSR count). The number of ether oxygens (including phenoxy) is 1. The summed E-state index contributed by atoms with van der Waals surface area (Å²) in [6, 6.07) is 0. The average Bonchev–Trinajstić information content (AvgIpc) is 2.49. The van der Waals surface area contributed by atoms with Crippen molar-refractivity contribution >= 4 is 11.8 Å². The minimum atomic E-state index is -0.498. The summed E-state index contributed by atoms with van der Waals surface area (Å²) in [6.45, 7) is 2.04. The quantitative estimate of drug-likeness (QED) is 0.703. The zero-order valence-electron chi connectivity index (χ0n) is 7.56. The third kappa shape index (κ3) is 3.75. The highest BCUT2D eigenvalue weighted by Crippen LogP contribution is 2.16. The fourth-order valence-electron chi connectivity index (χ4n) is 0.745. The predicted octanol–water partition coefficient (Wildman–Crippen LogP) is 0.477. The van der Waals surface area contributed by atoms with Crippen LogP contribution in [0.5, 0.6) is 0 Å². The van der Waals surface area contributed by atoms with Crippen molar-refractivity contribution < 1.29 is 14.3 Å². The minimum Gasteiger partial charge on any atom is -0.416 e. The molecule has 0 amide bonds. The molecule has 1 aromatic heterocycles. The lowest BCUT2D eigenvalue weighted by atomic mass is 10.4. The van der Waals surface area contributed by atoms with Crippen molar-refractivity contribution in [1.82, 2.24) is 10.2 Å². The summed E-state index contributed by atoms with van der Waals surface area (Å²) in [5.41, 5.74) is 0. The second-order valence-corrected chi connectivity index (χ2v) is 3.48. The summed E-state index contributed by atoms with van der Waals surface area (Å²) in [5, 5.41) is 17.2. The zero-order valence-corrected chi connectivity index (χ0v) is 8.37. The van der Waals surface area contributed by atoms with E-state index in [0.717, 1.165) is 0 Å². The number of thioether (sulfide) groups is 1. The first-order valence-corrected chi connectivity index (χ1v) is 4.81. The van der Waals surface area contributed by atoms with Gasteiger partial charge >= 0.3 is 0 Å². The van der Waals surface area contributed by atoms with Gasteiger partial charge in [0.05, 0.1) is 12.7 Å². The Balaban J connectivity index is 2.26. The highest BCUT2D eigenvalue weighted by molar-refractivity contribution is 7.99. The Morgan fingerprint density at radius 2 is 2.38 bits per heavy atom. The first kappa shape index (κ1) is 10.5. The summed E-state index contributed by atoms with van der Waals surface area (Å²) < 4.78 is 9.87. The van der Waals surface area contributed by atoms with Crippen LogP contribution in [0.3, 0.4) is 0 Å². The maximum Gasteiger partial charge on any atom is 0.276 e. The first-order chi connectivity index (χ1) is 6.22. The molecule has 0 aliphatic heterocycles. The van der Waals surface area contributed by atoms with Crippen LogP contribution in [0.25, 0.3) is 0 Å². The van der Waals surface area contributed by atoms with Gasteiger partial charge in [0.2, 0.25) is 5.89 Å². The zero-order chi connectivity index (χ0) is 9.68. The van der Waals surface area contributed by atoms with Crippen LogP contribution < -0.4 is 0 Å². The molecule has 0 fully saturated rings. The van der Waals surface area contributed by atoms with Gasteiger partial charge in [0.15, 0.2) is 0 Å². The lowest BCUT2D eigenvalue weighted by molar-refractivity contribution is 0.0793. The maximum absolute atomic E-state index is 9.28. The molecule has 1 unspecified atom stereocenters. The number of hydrogen-bond acceptors (Lipinski definition) is 6. The van der Waals surface area contributed by atoms with E-state index in [-0.39, 0.29) is 0 Å². The molecule has 1 atom stereocenters. The standard InChI is InChI=1S/C7H12N2O3S/c1-5-8-9-7(12-5)13-4-6(10)3-11-2/h6,10H,3-4H2,1-2H3. The molecular formula is C7H12N2O3S. The van der Waals surface area contributed by atoms with E-state index in [1.165, 1.54) is 11.8 Å². The molecule has 1 heterocycles. The van der Waals surface area contributed by atoms with Gasteiger partial charge in [0, 0.05) is 19.8 Å². The molecule has 0 aromatic carbocycles. The van der Waals surface area contributed by atoms with Crippen LogP contribution in [0.15, 0.2) is 9.64 Å². The van der Waals surface area contributed by atoms with Gasteiger partial charge in [0.25, 0.3) is 5.22 Å². The van der Waals surface area contributed by atoms with Gasteiger partial charge in [-0.25, -0.2) is 0 Å². The van der Waals surface area contributed by atoms with Crippen molar-refractivity contribution in [2.45, 2.75) is 18.3 Å². The summed E-state index contributed by atoms with van der Waals surface area (Å²) >= 11 is 1.32. The Labute approximate surface area is 80.5 Å². The molecule has 0 spiro atoms. The van der Waals surface area contributed by atoms with Crippen molar-refractivity contribution in [3.05, 3.63) is 5.89 Å². The maximum atomic E-state index is 9.28. The van der Waals surface area contributed by atoms with Crippen molar-refractivity contribution in [3.63, 3.8) is 0 Å². The fraction of sp³-hybridized carbons (Fsp3) is 0.714. The van der Waals surface area contributed by atoms with Crippen molar-refractivity contribution in [2.24, 2.45) is 0 Å². The molecule has 0 saturated heterocycles. The molecular weight excluding hydrogens is 192 g/mol. The molecule has 0 aliphatic rings. The van der Waals surface area contributed by atoms with Crippen LogP contribution in [-0.4, -0.2) is 40.9 Å². The van der Waals surface area contributed by atoms with Crippen molar-refractivity contribution in [1.29, 1.82) is 0 Å². The first-order valence-electron chi connectivity index (χ1n) is 3.82. The van der Waals surface area contributed by atoms with Gasteiger partial charge in [-0.15, -0.1) is 10.2 Å². The number of nitrogens with zero attached hydrogens (tertiary/aromatic N) is 2. The number of aliphatic hydroxyl groups is 1. The average molecular weight is 204 g/mol. The Morgan fingerprint density at radius 3 is 2.92 bits per heavy atom. The largest absolute Gasteiger partial charge is 0.416 e. The van der Waals surface area contributed by atoms with E-state index in [4.69, 9.17) is 9.15 Å². The van der Waals surface area contributed by atoms with Gasteiger partial charge < -0.3 is 14.3 Å². The van der Waals surface area contributed by atoms with E-state index in [1.807, 2.05) is 0 Å². The molecule has 1 aromatic rings. The molecule has 74 valence electrons. The Kier molecular flexibility index (Phi) is 4.20. The van der Waals surface area contributed by atoms with Gasteiger partial charge in [-0.3, -0.25) is 0 Å². The second kappa shape index (κ2) is 5.21. The summed E-state index contributed by atoms with van der Waals surface area (Å²) in [5.74, 6) is 1.03. The molecule has 0 aliphatic carbocycles. The SMILES string of the molecule is COCC(O)CSc1nnc(C)o1. The number of hydrogen-bond donors (Lipinski definition) is 1. The van der Waals surface area contributed by atoms with E-state index >= 15 is 0 Å². The summed E-state index contributed by atoms with van der Waals surface area (Å²) in [7, 11) is 1.55. The van der Waals surface area contributed by atoms with Crippen LogP contribution in [0.2, 0.25) is 0 Å². The van der Waals surface area contributed by atoms with Gasteiger partial charge in [-0.05, 0) is 0 Å². The minimum absolute atomic E-state index is 0.320. The molecule has 5 nitrogen and oxygen atoms in total. The van der Waals surface area contributed by atoms with Crippen LogP contribution >= 0.6 is 11.8 Å². The van der Waals surface area contributed by atoms with E-state index in [9.17, 15) is 5.11 Å². The fourth-order valence-corrected chi connectivity index (χ4v) is 1.45. The third-order valence-corrected chi connectivity index (χ3v) is 2.23. The van der Waals surface area contributed by atoms with Crippen LogP contribution in [0.4, 0.5) is 0 Å². The number of aromatic nitrogens is 2. The van der Waals surface area contributed by atoms with Gasteiger partial charge in [-0.2, -0.15) is 0 Å². The van der Waals surface area contributed by atoms with Gasteiger partial charge in [0.1, 0.15) is 0 Å². The highest BCUT2D eigenvalue weighted by Gasteiger charge is 2.08. The smallest absolute Gasteiger partial charge is 0.276 e. The van der Waals surface area contributed by atoms with Crippen LogP contribution in [0.1, 0.15) is 5.89 Å². The Hall–Kier alpha value is -0.590. The summed E-state index contributed by atoms with van der Waals surface area (Å²) in [6.07, 6.45) is -0.498. The molecule has 0 bridgehead atoms. The Bertz CT molecular complexity index is 254. The third-order valence-electron chi connectivity index (χ3n) is 1.27. The molecule has 1 N–H and O–H groups in total. The number of aliphatic hydroxyl groups excluding tert-OH is 1. The highest BCUT2D eigenvalue weighted by atomic mass is 32.2. The van der Waals surface area contributed by atoms with E-state index in [0.29, 0.717) is 23.5 Å². The second-order valence-electron chi connectivity index (χ2n) is 2.51. The van der Waals surface area contributed by atoms with E-state index in [2.05, 4.69) is 10.2 Å². The van der Waals surface area contributed by atoms with Gasteiger partial charge in [-0.1, -0.05) is 11.8 Å². The Morgan fingerprint density at radius 1 is 1.62 bits per heavy atom.